The van der Waals surface area contributed by atoms with Crippen molar-refractivity contribution in [3.05, 3.63) is 23.8 Å². The number of nitrogens with two attached hydrogens (primary N) is 1. The standard InChI is InChI=1S/C19H27N3O4.ClH/c1-11(2)17(20)19(24)21-10-16(23)22-18(12-3-4-12)13-5-6-14-15(9-13)26-8-7-25-14;/h5-6,9,11-12,17-18H,3-4,7-8,10,20H2,1-2H3,(H,21,24)(H,22,23);1H/t17-,18?;/m0./s1. The molecule has 2 atom stereocenters. The molecule has 2 aliphatic rings. The number of hydrogen-bond donors (Lipinski definition) is 3. The van der Waals surface area contributed by atoms with Gasteiger partial charge in [0.05, 0.1) is 18.6 Å². The molecule has 150 valence electrons. The summed E-state index contributed by atoms with van der Waals surface area (Å²) in [6, 6.07) is 5.08. The molecule has 1 aromatic carbocycles. The normalized spacial score (nSPS) is 17.5. The number of nitrogens with one attached hydrogen (secondary N) is 2. The Morgan fingerprint density at radius 2 is 1.85 bits per heavy atom. The van der Waals surface area contributed by atoms with E-state index in [0.717, 1.165) is 24.2 Å². The molecule has 1 fully saturated rings. The van der Waals surface area contributed by atoms with Crippen molar-refractivity contribution >= 4 is 24.2 Å². The van der Waals surface area contributed by atoms with Crippen LogP contribution in [0.1, 0.15) is 38.3 Å². The zero-order chi connectivity index (χ0) is 18.7. The van der Waals surface area contributed by atoms with Crippen LogP contribution in [0, 0.1) is 11.8 Å². The smallest absolute Gasteiger partial charge is 0.239 e. The van der Waals surface area contributed by atoms with Gasteiger partial charge in [-0.15, -0.1) is 12.4 Å². The van der Waals surface area contributed by atoms with Gasteiger partial charge in [0.25, 0.3) is 0 Å². The molecule has 0 aromatic heterocycles. The number of rotatable bonds is 7. The Morgan fingerprint density at radius 1 is 1.19 bits per heavy atom. The lowest BCUT2D eigenvalue weighted by Crippen LogP contribution is -2.47. The van der Waals surface area contributed by atoms with Crippen LogP contribution in [0.4, 0.5) is 0 Å². The van der Waals surface area contributed by atoms with Crippen LogP contribution in [0.3, 0.4) is 0 Å². The molecule has 1 saturated carbocycles. The minimum atomic E-state index is -0.611. The predicted octanol–water partition coefficient (Wildman–Crippen LogP) is 1.55. The molecule has 1 aliphatic heterocycles. The van der Waals surface area contributed by atoms with E-state index in [1.54, 1.807) is 0 Å². The average molecular weight is 398 g/mol. The van der Waals surface area contributed by atoms with Crippen LogP contribution in [0.25, 0.3) is 0 Å². The van der Waals surface area contributed by atoms with Crippen molar-refractivity contribution in [2.45, 2.75) is 38.8 Å². The van der Waals surface area contributed by atoms with E-state index >= 15 is 0 Å². The average Bonchev–Trinajstić information content (AvgIpc) is 3.48. The fourth-order valence-corrected chi connectivity index (χ4v) is 2.97. The molecule has 1 aliphatic carbocycles. The van der Waals surface area contributed by atoms with E-state index in [-0.39, 0.29) is 42.7 Å². The Bertz CT molecular complexity index is 679. The number of halogens is 1. The maximum absolute atomic E-state index is 12.3. The second kappa shape index (κ2) is 9.28. The van der Waals surface area contributed by atoms with Gasteiger partial charge in [-0.2, -0.15) is 0 Å². The first kappa shape index (κ1) is 21.3. The highest BCUT2D eigenvalue weighted by atomic mass is 35.5. The van der Waals surface area contributed by atoms with Gasteiger partial charge in [0.15, 0.2) is 11.5 Å². The van der Waals surface area contributed by atoms with Crippen molar-refractivity contribution in [1.82, 2.24) is 10.6 Å². The molecule has 0 saturated heterocycles. The number of fused-ring (bicyclic) bond motifs is 1. The largest absolute Gasteiger partial charge is 0.486 e. The van der Waals surface area contributed by atoms with Gasteiger partial charge in [0, 0.05) is 0 Å². The monoisotopic (exact) mass is 397 g/mol. The number of carbonyl (C=O) groups is 2. The zero-order valence-corrected chi connectivity index (χ0v) is 16.5. The first-order valence-corrected chi connectivity index (χ1v) is 9.18. The highest BCUT2D eigenvalue weighted by Gasteiger charge is 2.34. The summed E-state index contributed by atoms with van der Waals surface area (Å²) in [5, 5.41) is 5.64. The van der Waals surface area contributed by atoms with Crippen LogP contribution in [0.15, 0.2) is 18.2 Å². The second-order valence-corrected chi connectivity index (χ2v) is 7.27. The number of ether oxygens (including phenoxy) is 2. The fourth-order valence-electron chi connectivity index (χ4n) is 2.97. The lowest BCUT2D eigenvalue weighted by molar-refractivity contribution is -0.127. The molecule has 1 unspecified atom stereocenters. The van der Waals surface area contributed by atoms with Crippen LogP contribution < -0.4 is 25.8 Å². The fraction of sp³-hybridized carbons (Fsp3) is 0.579. The first-order valence-electron chi connectivity index (χ1n) is 9.18. The first-order chi connectivity index (χ1) is 12.5. The van der Waals surface area contributed by atoms with E-state index in [1.807, 2.05) is 32.0 Å². The van der Waals surface area contributed by atoms with Crippen molar-refractivity contribution in [3.63, 3.8) is 0 Å². The summed E-state index contributed by atoms with van der Waals surface area (Å²) < 4.78 is 11.2. The minimum Gasteiger partial charge on any atom is -0.486 e. The van der Waals surface area contributed by atoms with Crippen LogP contribution in [-0.2, 0) is 9.59 Å². The third kappa shape index (κ3) is 5.49. The predicted molar refractivity (Wildman–Crippen MR) is 104 cm³/mol. The molecule has 1 heterocycles. The lowest BCUT2D eigenvalue weighted by Gasteiger charge is -2.23. The molecular weight excluding hydrogens is 370 g/mol. The summed E-state index contributed by atoms with van der Waals surface area (Å²) >= 11 is 0. The Hall–Kier alpha value is -1.99. The highest BCUT2D eigenvalue weighted by molar-refractivity contribution is 5.87. The number of carbonyl (C=O) groups excluding carboxylic acids is 2. The second-order valence-electron chi connectivity index (χ2n) is 7.27. The van der Waals surface area contributed by atoms with Gasteiger partial charge in [-0.3, -0.25) is 9.59 Å². The van der Waals surface area contributed by atoms with Gasteiger partial charge in [0.2, 0.25) is 11.8 Å². The molecule has 8 heteroatoms. The van der Waals surface area contributed by atoms with Crippen molar-refractivity contribution < 1.29 is 19.1 Å². The summed E-state index contributed by atoms with van der Waals surface area (Å²) in [6.07, 6.45) is 2.15. The van der Waals surface area contributed by atoms with E-state index in [2.05, 4.69) is 10.6 Å². The van der Waals surface area contributed by atoms with Crippen LogP contribution >= 0.6 is 12.4 Å². The van der Waals surface area contributed by atoms with E-state index in [4.69, 9.17) is 15.2 Å². The highest BCUT2D eigenvalue weighted by Crippen LogP contribution is 2.43. The topological polar surface area (TPSA) is 103 Å². The molecule has 0 spiro atoms. The Balaban J connectivity index is 0.00000261. The molecular formula is C19H28ClN3O4. The number of hydrogen-bond acceptors (Lipinski definition) is 5. The summed E-state index contributed by atoms with van der Waals surface area (Å²) in [6.45, 7) is 4.74. The molecule has 0 radical (unpaired) electrons. The third-order valence-corrected chi connectivity index (χ3v) is 4.78. The van der Waals surface area contributed by atoms with Crippen molar-refractivity contribution in [1.29, 1.82) is 0 Å². The van der Waals surface area contributed by atoms with Crippen molar-refractivity contribution in [2.75, 3.05) is 19.8 Å². The van der Waals surface area contributed by atoms with Crippen LogP contribution in [0.2, 0.25) is 0 Å². The van der Waals surface area contributed by atoms with Crippen molar-refractivity contribution in [2.24, 2.45) is 17.6 Å². The maximum atomic E-state index is 12.3. The summed E-state index contributed by atoms with van der Waals surface area (Å²) in [7, 11) is 0. The van der Waals surface area contributed by atoms with Crippen LogP contribution in [-0.4, -0.2) is 37.6 Å². The quantitative estimate of drug-likeness (QED) is 0.647. The molecule has 7 nitrogen and oxygen atoms in total. The molecule has 4 N–H and O–H groups in total. The van der Waals surface area contributed by atoms with Gasteiger partial charge < -0.3 is 25.8 Å². The Kier molecular flexibility index (Phi) is 7.33. The number of amides is 2. The van der Waals surface area contributed by atoms with E-state index in [9.17, 15) is 9.59 Å². The molecule has 2 amide bonds. The Labute approximate surface area is 165 Å². The van der Waals surface area contributed by atoms with Gasteiger partial charge in [-0.05, 0) is 42.4 Å². The lowest BCUT2D eigenvalue weighted by atomic mass is 10.0. The van der Waals surface area contributed by atoms with E-state index < -0.39 is 6.04 Å². The van der Waals surface area contributed by atoms with Gasteiger partial charge in [-0.25, -0.2) is 0 Å². The van der Waals surface area contributed by atoms with Gasteiger partial charge >= 0.3 is 0 Å². The SMILES string of the molecule is CC(C)[C@H](N)C(=O)NCC(=O)NC(c1ccc2c(c1)OCCO2)C1CC1.Cl. The van der Waals surface area contributed by atoms with Gasteiger partial charge in [0.1, 0.15) is 13.2 Å². The van der Waals surface area contributed by atoms with Crippen molar-refractivity contribution in [3.8, 4) is 11.5 Å². The third-order valence-electron chi connectivity index (χ3n) is 4.78. The van der Waals surface area contributed by atoms with E-state index in [1.165, 1.54) is 0 Å². The zero-order valence-electron chi connectivity index (χ0n) is 15.7. The summed E-state index contributed by atoms with van der Waals surface area (Å²) in [5.74, 6) is 1.35. The van der Waals surface area contributed by atoms with E-state index in [0.29, 0.717) is 24.9 Å². The molecule has 1 aromatic rings. The van der Waals surface area contributed by atoms with Crippen LogP contribution in [0.5, 0.6) is 11.5 Å². The Morgan fingerprint density at radius 3 is 2.48 bits per heavy atom. The molecule has 0 bridgehead atoms. The number of benzene rings is 1. The minimum absolute atomic E-state index is 0. The molecule has 27 heavy (non-hydrogen) atoms. The maximum Gasteiger partial charge on any atom is 0.239 e. The summed E-state index contributed by atoms with van der Waals surface area (Å²) in [5.41, 5.74) is 6.79. The van der Waals surface area contributed by atoms with Gasteiger partial charge in [-0.1, -0.05) is 19.9 Å². The summed E-state index contributed by atoms with van der Waals surface area (Å²) in [4.78, 5) is 24.2. The molecule has 3 rings (SSSR count).